The molecule has 33 heavy (non-hydrogen) atoms. The van der Waals surface area contributed by atoms with E-state index < -0.39 is 17.8 Å². The van der Waals surface area contributed by atoms with Gasteiger partial charge < -0.3 is 20.5 Å². The molecule has 174 valence electrons. The fourth-order valence-electron chi connectivity index (χ4n) is 3.70. The molecule has 8 nitrogen and oxygen atoms in total. The number of nitrogens with zero attached hydrogens (tertiary/aromatic N) is 4. The summed E-state index contributed by atoms with van der Waals surface area (Å²) in [5.74, 6) is 2.05. The first-order valence-corrected chi connectivity index (χ1v) is 10.2. The summed E-state index contributed by atoms with van der Waals surface area (Å²) in [7, 11) is 3.05. The summed E-state index contributed by atoms with van der Waals surface area (Å²) in [4.78, 5) is 0. The number of rotatable bonds is 6. The standard InChI is InChI=1S/C22H23F3N6O2/c1-5-19-28-29-21-16-10-18(33-4)17(32-3)9-15(16)20(30-31(19)21)27-11(2)12-6-13(22(23,24)25)8-14(26)7-12/h6-11H,5,26H2,1-4H3,(H,27,30)/t11-/m1/s1. The zero-order valence-electron chi connectivity index (χ0n) is 18.5. The number of halogens is 3. The predicted octanol–water partition coefficient (Wildman–Crippen LogP) is 4.63. The zero-order valence-corrected chi connectivity index (χ0v) is 18.5. The number of hydrogen-bond acceptors (Lipinski definition) is 7. The molecule has 11 heteroatoms. The summed E-state index contributed by atoms with van der Waals surface area (Å²) in [5, 5.41) is 17.7. The minimum atomic E-state index is -4.50. The van der Waals surface area contributed by atoms with Crippen LogP contribution in [0, 0.1) is 0 Å². The highest BCUT2D eigenvalue weighted by Gasteiger charge is 2.31. The van der Waals surface area contributed by atoms with Gasteiger partial charge in [0.05, 0.1) is 25.8 Å². The molecule has 1 atom stereocenters. The summed E-state index contributed by atoms with van der Waals surface area (Å²) in [6.07, 6.45) is -3.91. The highest BCUT2D eigenvalue weighted by Crippen LogP contribution is 2.38. The quantitative estimate of drug-likeness (QED) is 0.405. The minimum Gasteiger partial charge on any atom is -0.493 e. The molecule has 0 spiro atoms. The van der Waals surface area contributed by atoms with Gasteiger partial charge in [0.15, 0.2) is 28.8 Å². The number of benzene rings is 2. The molecule has 2 heterocycles. The predicted molar refractivity (Wildman–Crippen MR) is 119 cm³/mol. The summed E-state index contributed by atoms with van der Waals surface area (Å²) >= 11 is 0. The van der Waals surface area contributed by atoms with Crippen LogP contribution in [-0.4, -0.2) is 34.0 Å². The monoisotopic (exact) mass is 460 g/mol. The largest absolute Gasteiger partial charge is 0.493 e. The lowest BCUT2D eigenvalue weighted by molar-refractivity contribution is -0.137. The fraction of sp³-hybridized carbons (Fsp3) is 0.318. The Balaban J connectivity index is 1.88. The third-order valence-electron chi connectivity index (χ3n) is 5.40. The summed E-state index contributed by atoms with van der Waals surface area (Å²) < 4.78 is 52.4. The van der Waals surface area contributed by atoms with Gasteiger partial charge in [-0.2, -0.15) is 17.7 Å². The van der Waals surface area contributed by atoms with Crippen LogP contribution in [0.2, 0.25) is 0 Å². The first kappa shape index (κ1) is 22.4. The van der Waals surface area contributed by atoms with E-state index in [1.54, 1.807) is 23.6 Å². The average Bonchev–Trinajstić information content (AvgIpc) is 3.20. The van der Waals surface area contributed by atoms with Crippen molar-refractivity contribution in [3.05, 3.63) is 47.3 Å². The Morgan fingerprint density at radius 3 is 2.30 bits per heavy atom. The van der Waals surface area contributed by atoms with Crippen LogP contribution in [0.1, 0.15) is 36.8 Å². The van der Waals surface area contributed by atoms with Crippen LogP contribution in [0.5, 0.6) is 11.5 Å². The van der Waals surface area contributed by atoms with Crippen LogP contribution in [0.4, 0.5) is 24.7 Å². The van der Waals surface area contributed by atoms with Gasteiger partial charge in [-0.05, 0) is 42.8 Å². The van der Waals surface area contributed by atoms with Crippen molar-refractivity contribution in [1.82, 2.24) is 19.8 Å². The fourth-order valence-corrected chi connectivity index (χ4v) is 3.70. The zero-order chi connectivity index (χ0) is 23.9. The van der Waals surface area contributed by atoms with Crippen LogP contribution < -0.4 is 20.5 Å². The number of methoxy groups -OCH3 is 2. The molecule has 0 unspecified atom stereocenters. The van der Waals surface area contributed by atoms with Gasteiger partial charge in [-0.1, -0.05) is 6.92 Å². The molecule has 0 radical (unpaired) electrons. The van der Waals surface area contributed by atoms with Crippen molar-refractivity contribution in [3.8, 4) is 11.5 Å². The third-order valence-corrected chi connectivity index (χ3v) is 5.40. The molecule has 3 N–H and O–H groups in total. The first-order chi connectivity index (χ1) is 15.7. The molecule has 0 saturated heterocycles. The number of hydrogen-bond donors (Lipinski definition) is 2. The summed E-state index contributed by atoms with van der Waals surface area (Å²) in [5.41, 5.74) is 5.88. The molecule has 0 aliphatic carbocycles. The highest BCUT2D eigenvalue weighted by atomic mass is 19.4. The lowest BCUT2D eigenvalue weighted by Gasteiger charge is -2.19. The van der Waals surface area contributed by atoms with E-state index in [0.717, 1.165) is 12.1 Å². The lowest BCUT2D eigenvalue weighted by atomic mass is 10.0. The van der Waals surface area contributed by atoms with E-state index in [-0.39, 0.29) is 5.69 Å². The maximum Gasteiger partial charge on any atom is 0.416 e. The van der Waals surface area contributed by atoms with Crippen molar-refractivity contribution in [3.63, 3.8) is 0 Å². The molecular weight excluding hydrogens is 437 g/mol. The van der Waals surface area contributed by atoms with E-state index in [1.807, 2.05) is 6.92 Å². The molecule has 2 aromatic carbocycles. The first-order valence-electron chi connectivity index (χ1n) is 10.2. The van der Waals surface area contributed by atoms with E-state index in [2.05, 4.69) is 20.6 Å². The van der Waals surface area contributed by atoms with Crippen LogP contribution in [-0.2, 0) is 12.6 Å². The van der Waals surface area contributed by atoms with Gasteiger partial charge in [0.1, 0.15) is 0 Å². The molecule has 0 saturated carbocycles. The maximum absolute atomic E-state index is 13.3. The molecular formula is C22H23F3N6O2. The van der Waals surface area contributed by atoms with Crippen LogP contribution in [0.3, 0.4) is 0 Å². The van der Waals surface area contributed by atoms with Crippen molar-refractivity contribution in [1.29, 1.82) is 0 Å². The number of nitrogen functional groups attached to an aromatic ring is 1. The normalized spacial score (nSPS) is 12.8. The van der Waals surface area contributed by atoms with Crippen molar-refractivity contribution in [2.75, 3.05) is 25.3 Å². The van der Waals surface area contributed by atoms with Crippen LogP contribution >= 0.6 is 0 Å². The number of fused-ring (bicyclic) bond motifs is 3. The second-order valence-corrected chi connectivity index (χ2v) is 7.56. The van der Waals surface area contributed by atoms with E-state index in [0.29, 0.717) is 51.5 Å². The molecule has 0 amide bonds. The van der Waals surface area contributed by atoms with Gasteiger partial charge in [0.2, 0.25) is 0 Å². The third kappa shape index (κ3) is 4.06. The highest BCUT2D eigenvalue weighted by molar-refractivity contribution is 6.02. The van der Waals surface area contributed by atoms with E-state index in [4.69, 9.17) is 15.2 Å². The van der Waals surface area contributed by atoms with Gasteiger partial charge in [-0.3, -0.25) is 0 Å². The second kappa shape index (κ2) is 8.30. The maximum atomic E-state index is 13.3. The van der Waals surface area contributed by atoms with Crippen LogP contribution in [0.25, 0.3) is 16.4 Å². The number of alkyl halides is 3. The topological polar surface area (TPSA) is 99.6 Å². The summed E-state index contributed by atoms with van der Waals surface area (Å²) in [6.45, 7) is 3.67. The molecule has 0 aliphatic heterocycles. The van der Waals surface area contributed by atoms with E-state index in [1.165, 1.54) is 20.3 Å². The van der Waals surface area contributed by atoms with Gasteiger partial charge in [0, 0.05) is 22.9 Å². The van der Waals surface area contributed by atoms with Gasteiger partial charge in [0.25, 0.3) is 0 Å². The Hall–Kier alpha value is -3.76. The second-order valence-electron chi connectivity index (χ2n) is 7.56. The van der Waals surface area contributed by atoms with Gasteiger partial charge in [-0.15, -0.1) is 15.3 Å². The van der Waals surface area contributed by atoms with Crippen molar-refractivity contribution in [2.24, 2.45) is 0 Å². The molecule has 4 rings (SSSR count). The Kier molecular flexibility index (Phi) is 5.64. The number of aryl methyl sites for hydroxylation is 1. The van der Waals surface area contributed by atoms with Gasteiger partial charge >= 0.3 is 6.18 Å². The Bertz CT molecular complexity index is 1340. The minimum absolute atomic E-state index is 0.0280. The lowest BCUT2D eigenvalue weighted by Crippen LogP contribution is -2.13. The Morgan fingerprint density at radius 1 is 1.03 bits per heavy atom. The Labute approximate surface area is 187 Å². The van der Waals surface area contributed by atoms with Crippen molar-refractivity contribution < 1.29 is 22.6 Å². The SMILES string of the molecule is CCc1nnc2c3cc(OC)c(OC)cc3c(N[C@H](C)c3cc(N)cc(C(F)(F)F)c3)nn12. The van der Waals surface area contributed by atoms with Crippen molar-refractivity contribution in [2.45, 2.75) is 32.5 Å². The molecule has 0 aliphatic rings. The molecule has 2 aromatic heterocycles. The number of anilines is 2. The Morgan fingerprint density at radius 2 is 1.70 bits per heavy atom. The van der Waals surface area contributed by atoms with E-state index in [9.17, 15) is 13.2 Å². The number of ether oxygens (including phenoxy) is 2. The smallest absolute Gasteiger partial charge is 0.416 e. The molecule has 0 fully saturated rings. The van der Waals surface area contributed by atoms with Gasteiger partial charge in [-0.25, -0.2) is 0 Å². The molecule has 4 aromatic rings. The molecule has 0 bridgehead atoms. The number of nitrogens with one attached hydrogen (secondary N) is 1. The summed E-state index contributed by atoms with van der Waals surface area (Å²) in [6, 6.07) is 6.48. The van der Waals surface area contributed by atoms with Crippen molar-refractivity contribution >= 4 is 27.9 Å². The van der Waals surface area contributed by atoms with Crippen LogP contribution in [0.15, 0.2) is 30.3 Å². The number of nitrogens with two attached hydrogens (primary N) is 1. The van der Waals surface area contributed by atoms with E-state index >= 15 is 0 Å². The average molecular weight is 460 g/mol. The number of aromatic nitrogens is 4.